The molecule has 3 aromatic rings. The van der Waals surface area contributed by atoms with E-state index in [0.717, 1.165) is 40.7 Å². The van der Waals surface area contributed by atoms with Gasteiger partial charge in [0, 0.05) is 72.7 Å². The average Bonchev–Trinajstić information content (AvgIpc) is 3.46. The lowest BCUT2D eigenvalue weighted by atomic mass is 9.87. The van der Waals surface area contributed by atoms with Crippen LogP contribution in [-0.2, 0) is 25.6 Å². The van der Waals surface area contributed by atoms with Crippen molar-refractivity contribution in [1.29, 1.82) is 0 Å². The van der Waals surface area contributed by atoms with Crippen LogP contribution in [0.5, 0.6) is 0 Å². The van der Waals surface area contributed by atoms with Gasteiger partial charge in [0.1, 0.15) is 6.04 Å². The number of hydrogen-bond donors (Lipinski definition) is 3. The second-order valence-electron chi connectivity index (χ2n) is 12.7. The highest BCUT2D eigenvalue weighted by Gasteiger charge is 2.39. The quantitative estimate of drug-likeness (QED) is 0.318. The Kier molecular flexibility index (Phi) is 11.8. The average molecular weight is 692 g/mol. The summed E-state index contributed by atoms with van der Waals surface area (Å²) in [5, 5.41) is 12.0. The minimum atomic E-state index is -5.08. The minimum Gasteiger partial charge on any atom is -0.475 e. The predicted octanol–water partition coefficient (Wildman–Crippen LogP) is 5.07. The molecule has 0 aliphatic carbocycles. The summed E-state index contributed by atoms with van der Waals surface area (Å²) in [7, 11) is 4.08. The Balaban J connectivity index is 0.000000671. The van der Waals surface area contributed by atoms with Gasteiger partial charge in [0.2, 0.25) is 17.7 Å². The van der Waals surface area contributed by atoms with Crippen LogP contribution in [0.1, 0.15) is 43.7 Å². The first-order valence-corrected chi connectivity index (χ1v) is 16.1. The van der Waals surface area contributed by atoms with E-state index in [2.05, 4.69) is 15.2 Å². The molecule has 260 valence electrons. The maximum Gasteiger partial charge on any atom is 0.490 e. The topological polar surface area (TPSA) is 126 Å². The van der Waals surface area contributed by atoms with E-state index < -0.39 is 18.2 Å². The van der Waals surface area contributed by atoms with Gasteiger partial charge in [-0.3, -0.25) is 14.4 Å². The third-order valence-corrected chi connectivity index (χ3v) is 9.14. The molecule has 3 N–H and O–H groups in total. The van der Waals surface area contributed by atoms with Crippen molar-refractivity contribution in [2.45, 2.75) is 51.2 Å². The summed E-state index contributed by atoms with van der Waals surface area (Å²) < 4.78 is 31.7. The lowest BCUT2D eigenvalue weighted by Gasteiger charge is -2.39. The van der Waals surface area contributed by atoms with Gasteiger partial charge < -0.3 is 30.1 Å². The van der Waals surface area contributed by atoms with Crippen LogP contribution in [0.15, 0.2) is 48.7 Å². The molecule has 2 aromatic carbocycles. The first-order valence-electron chi connectivity index (χ1n) is 15.7. The number of nitrogens with zero attached hydrogens (tertiary/aromatic N) is 3. The number of carbonyl (C=O) groups excluding carboxylic acids is 3. The van der Waals surface area contributed by atoms with Gasteiger partial charge in [-0.2, -0.15) is 13.2 Å². The molecule has 1 fully saturated rings. The number of nitrogens with one attached hydrogen (secondary N) is 2. The number of fused-ring (bicyclic) bond motifs is 2. The fourth-order valence-corrected chi connectivity index (χ4v) is 6.70. The fraction of sp³-hybridized carbons (Fsp3) is 0.471. The Labute approximate surface area is 282 Å². The van der Waals surface area contributed by atoms with E-state index in [0.29, 0.717) is 37.5 Å². The third-order valence-electron chi connectivity index (χ3n) is 8.90. The lowest BCUT2D eigenvalue weighted by Crippen LogP contribution is -2.55. The Morgan fingerprint density at radius 3 is 2.35 bits per heavy atom. The molecule has 1 saturated heterocycles. The van der Waals surface area contributed by atoms with Gasteiger partial charge in [-0.15, -0.1) is 0 Å². The Morgan fingerprint density at radius 1 is 1.10 bits per heavy atom. The number of halogens is 4. The Hall–Kier alpha value is -4.10. The van der Waals surface area contributed by atoms with Gasteiger partial charge in [0.15, 0.2) is 0 Å². The summed E-state index contributed by atoms with van der Waals surface area (Å²) in [6.07, 6.45) is -1.12. The SMILES string of the molecule is CC(=O)N1CCC(C(=O)NC(C(=O)N2C[C@@H](CN(C)C)Cc3cc(Cl)ccc32)C(C)c2c[nH]c3ccccc23)CC1.O=C(O)C(F)(F)F. The van der Waals surface area contributed by atoms with Gasteiger partial charge in [-0.05, 0) is 74.7 Å². The molecule has 2 unspecified atom stereocenters. The Bertz CT molecular complexity index is 1640. The molecule has 0 radical (unpaired) electrons. The van der Waals surface area contributed by atoms with Crippen molar-refractivity contribution in [1.82, 2.24) is 20.1 Å². The van der Waals surface area contributed by atoms with Crippen LogP contribution >= 0.6 is 11.6 Å². The number of carbonyl (C=O) groups is 4. The second-order valence-corrected chi connectivity index (χ2v) is 13.1. The van der Waals surface area contributed by atoms with E-state index >= 15 is 0 Å². The second kappa shape index (κ2) is 15.4. The number of para-hydroxylation sites is 1. The first-order chi connectivity index (χ1) is 22.6. The van der Waals surface area contributed by atoms with Crippen molar-refractivity contribution in [3.63, 3.8) is 0 Å². The summed E-state index contributed by atoms with van der Waals surface area (Å²) in [6.45, 7) is 6.08. The number of amides is 3. The molecule has 2 aliphatic heterocycles. The third kappa shape index (κ3) is 8.87. The summed E-state index contributed by atoms with van der Waals surface area (Å²) >= 11 is 6.38. The highest BCUT2D eigenvalue weighted by Crippen LogP contribution is 2.35. The molecule has 0 saturated carbocycles. The van der Waals surface area contributed by atoms with Crippen LogP contribution < -0.4 is 10.2 Å². The van der Waals surface area contributed by atoms with Crippen LogP contribution in [0.4, 0.5) is 18.9 Å². The molecule has 0 spiro atoms. The number of aromatic amines is 1. The number of carboxylic acids is 1. The van der Waals surface area contributed by atoms with Gasteiger partial charge in [-0.1, -0.05) is 36.7 Å². The van der Waals surface area contributed by atoms with Crippen LogP contribution in [0.2, 0.25) is 5.02 Å². The van der Waals surface area contributed by atoms with Crippen LogP contribution in [0, 0.1) is 11.8 Å². The van der Waals surface area contributed by atoms with Crippen molar-refractivity contribution in [3.8, 4) is 0 Å². The molecule has 2 aliphatic rings. The number of anilines is 1. The van der Waals surface area contributed by atoms with E-state index in [4.69, 9.17) is 21.5 Å². The van der Waals surface area contributed by atoms with E-state index in [1.165, 1.54) is 0 Å². The number of hydrogen-bond acceptors (Lipinski definition) is 5. The number of rotatable bonds is 7. The largest absolute Gasteiger partial charge is 0.490 e. The van der Waals surface area contributed by atoms with Crippen molar-refractivity contribution >= 4 is 51.9 Å². The molecular weight excluding hydrogens is 651 g/mol. The van der Waals surface area contributed by atoms with Crippen molar-refractivity contribution in [2.75, 3.05) is 45.2 Å². The summed E-state index contributed by atoms with van der Waals surface area (Å²) in [6, 6.07) is 13.0. The van der Waals surface area contributed by atoms with Crippen LogP contribution in [0.25, 0.3) is 10.9 Å². The van der Waals surface area contributed by atoms with Gasteiger partial charge in [-0.25, -0.2) is 4.79 Å². The standard InChI is InChI=1S/C32H40ClN5O3.C2HF3O2/c1-20(27-17-34-28-8-6-5-7-26(27)28)30(35-31(40)23-11-13-37(14-12-23)21(2)39)32(41)38-19-22(18-36(3)4)15-24-16-25(33)9-10-29(24)38;3-2(4,5)1(6)7/h5-10,16-17,20,22-23,30,34H,11-15,18-19H2,1-4H3,(H,35,40);(H,6,7)/t20?,22-,30?;/m1./s1. The van der Waals surface area contributed by atoms with Gasteiger partial charge in [0.05, 0.1) is 0 Å². The number of aliphatic carboxylic acids is 1. The molecule has 3 amide bonds. The lowest BCUT2D eigenvalue weighted by molar-refractivity contribution is -0.192. The fourth-order valence-electron chi connectivity index (χ4n) is 6.51. The monoisotopic (exact) mass is 691 g/mol. The first kappa shape index (κ1) is 36.7. The number of piperidine rings is 1. The molecule has 10 nitrogen and oxygen atoms in total. The van der Waals surface area contributed by atoms with Crippen LogP contribution in [0.3, 0.4) is 0 Å². The van der Waals surface area contributed by atoms with Crippen molar-refractivity contribution in [2.24, 2.45) is 11.8 Å². The number of benzene rings is 2. The van der Waals surface area contributed by atoms with Gasteiger partial charge >= 0.3 is 12.1 Å². The zero-order valence-corrected chi connectivity index (χ0v) is 28.1. The van der Waals surface area contributed by atoms with E-state index in [-0.39, 0.29) is 35.5 Å². The zero-order valence-electron chi connectivity index (χ0n) is 27.3. The molecule has 0 bridgehead atoms. The number of aromatic nitrogens is 1. The molecule has 48 heavy (non-hydrogen) atoms. The normalized spacial score (nSPS) is 18.1. The molecule has 1 aromatic heterocycles. The number of carboxylic acid groups (broad SMARTS) is 1. The number of H-pyrrole nitrogens is 1. The Morgan fingerprint density at radius 2 is 1.75 bits per heavy atom. The highest BCUT2D eigenvalue weighted by molar-refractivity contribution is 6.30. The van der Waals surface area contributed by atoms with Gasteiger partial charge in [0.25, 0.3) is 0 Å². The molecular formula is C34H41ClF3N5O5. The summed E-state index contributed by atoms with van der Waals surface area (Å²) in [5.74, 6) is -3.28. The van der Waals surface area contributed by atoms with Crippen molar-refractivity contribution < 1.29 is 37.5 Å². The summed E-state index contributed by atoms with van der Waals surface area (Å²) in [4.78, 5) is 58.1. The van der Waals surface area contributed by atoms with E-state index in [1.54, 1.807) is 11.8 Å². The predicted molar refractivity (Wildman–Crippen MR) is 177 cm³/mol. The number of alkyl halides is 3. The molecule has 14 heteroatoms. The molecule has 3 atom stereocenters. The van der Waals surface area contributed by atoms with E-state index in [9.17, 15) is 27.6 Å². The maximum atomic E-state index is 14.6. The molecule has 5 rings (SSSR count). The maximum absolute atomic E-state index is 14.6. The van der Waals surface area contributed by atoms with Crippen molar-refractivity contribution in [3.05, 3.63) is 64.8 Å². The smallest absolute Gasteiger partial charge is 0.475 e. The van der Waals surface area contributed by atoms with E-state index in [1.807, 2.05) is 74.6 Å². The van der Waals surface area contributed by atoms with Crippen LogP contribution in [-0.4, -0.2) is 96.1 Å². The zero-order chi connectivity index (χ0) is 35.3. The summed E-state index contributed by atoms with van der Waals surface area (Å²) in [5.41, 5.74) is 3.89. The highest BCUT2D eigenvalue weighted by atomic mass is 35.5. The molecule has 3 heterocycles. The minimum absolute atomic E-state index is 0.0287. The number of likely N-dealkylation sites (tertiary alicyclic amines) is 1.